The third kappa shape index (κ3) is 4.63. The Labute approximate surface area is 211 Å². The van der Waals surface area contributed by atoms with Crippen molar-refractivity contribution in [3.8, 4) is 6.07 Å². The predicted octanol–water partition coefficient (Wildman–Crippen LogP) is 4.36. The highest BCUT2D eigenvalue weighted by molar-refractivity contribution is 5.98. The number of para-hydroxylation sites is 1. The molecule has 8 nitrogen and oxygen atoms in total. The molecule has 1 saturated carbocycles. The van der Waals surface area contributed by atoms with Gasteiger partial charge in [0.2, 0.25) is 5.91 Å². The van der Waals surface area contributed by atoms with E-state index in [0.29, 0.717) is 49.3 Å². The summed E-state index contributed by atoms with van der Waals surface area (Å²) >= 11 is 0. The number of carbonyl (C=O) groups excluding carboxylic acids is 2. The number of benzene rings is 1. The van der Waals surface area contributed by atoms with Gasteiger partial charge in [-0.25, -0.2) is 0 Å². The van der Waals surface area contributed by atoms with Crippen LogP contribution in [0.15, 0.2) is 30.3 Å². The average Bonchev–Trinajstić information content (AvgIpc) is 3.43. The number of carbonyl (C=O) groups is 2. The van der Waals surface area contributed by atoms with Crippen LogP contribution >= 0.6 is 0 Å². The Morgan fingerprint density at radius 3 is 2.50 bits per heavy atom. The second-order valence-corrected chi connectivity index (χ2v) is 10.1. The zero-order valence-corrected chi connectivity index (χ0v) is 21.1. The fourth-order valence-corrected chi connectivity index (χ4v) is 5.73. The molecule has 3 heterocycles. The van der Waals surface area contributed by atoms with E-state index in [4.69, 9.17) is 0 Å². The number of amides is 2. The van der Waals surface area contributed by atoms with E-state index >= 15 is 0 Å². The number of nitrogens with zero attached hydrogens (tertiary/aromatic N) is 4. The monoisotopic (exact) mass is 486 g/mol. The molecule has 2 aromatic heterocycles. The third-order valence-electron chi connectivity index (χ3n) is 7.85. The van der Waals surface area contributed by atoms with Crippen LogP contribution in [0.2, 0.25) is 0 Å². The van der Waals surface area contributed by atoms with Crippen LogP contribution in [0, 0.1) is 25.2 Å². The maximum Gasteiger partial charge on any atom is 0.270 e. The van der Waals surface area contributed by atoms with E-state index in [-0.39, 0.29) is 18.4 Å². The van der Waals surface area contributed by atoms with Gasteiger partial charge in [-0.1, -0.05) is 37.5 Å². The average molecular weight is 487 g/mol. The molecule has 1 saturated heterocycles. The second kappa shape index (κ2) is 10.2. The Kier molecular flexibility index (Phi) is 6.84. The van der Waals surface area contributed by atoms with Crippen LogP contribution in [0.1, 0.15) is 65.5 Å². The molecule has 0 unspecified atom stereocenters. The molecule has 0 spiro atoms. The van der Waals surface area contributed by atoms with Crippen LogP contribution in [0.4, 0.5) is 5.82 Å². The molecular weight excluding hydrogens is 452 g/mol. The molecule has 188 valence electrons. The van der Waals surface area contributed by atoms with Gasteiger partial charge < -0.3 is 19.8 Å². The van der Waals surface area contributed by atoms with Crippen molar-refractivity contribution < 1.29 is 9.59 Å². The van der Waals surface area contributed by atoms with Crippen molar-refractivity contribution >= 4 is 28.5 Å². The molecule has 36 heavy (non-hydrogen) atoms. The highest BCUT2D eigenvalue weighted by Crippen LogP contribution is 2.36. The first-order valence-electron chi connectivity index (χ1n) is 13.0. The van der Waals surface area contributed by atoms with Crippen LogP contribution in [0.25, 0.3) is 10.9 Å². The Hall–Kier alpha value is -3.57. The fourth-order valence-electron chi connectivity index (χ4n) is 5.73. The molecular formula is C28H34N6O2. The fraction of sp³-hybridized carbons (Fsp3) is 0.464. The summed E-state index contributed by atoms with van der Waals surface area (Å²) in [6.45, 7) is 6.66. The highest BCUT2D eigenvalue weighted by atomic mass is 16.2. The summed E-state index contributed by atoms with van der Waals surface area (Å²) in [6, 6.07) is 12.4. The lowest BCUT2D eigenvalue weighted by atomic mass is 9.95. The van der Waals surface area contributed by atoms with Crippen molar-refractivity contribution in [3.63, 3.8) is 0 Å². The van der Waals surface area contributed by atoms with Crippen molar-refractivity contribution in [1.29, 1.82) is 5.26 Å². The van der Waals surface area contributed by atoms with Gasteiger partial charge in [-0.15, -0.1) is 0 Å². The first-order valence-corrected chi connectivity index (χ1v) is 13.0. The summed E-state index contributed by atoms with van der Waals surface area (Å²) in [5.41, 5.74) is 4.14. The maximum atomic E-state index is 13.1. The maximum absolute atomic E-state index is 13.1. The quantitative estimate of drug-likeness (QED) is 0.560. The van der Waals surface area contributed by atoms with E-state index in [1.54, 1.807) is 0 Å². The Balaban J connectivity index is 1.21. The van der Waals surface area contributed by atoms with Crippen LogP contribution in [-0.4, -0.2) is 63.9 Å². The van der Waals surface area contributed by atoms with E-state index in [0.717, 1.165) is 35.0 Å². The van der Waals surface area contributed by atoms with Crippen molar-refractivity contribution in [2.45, 2.75) is 52.0 Å². The molecule has 0 bridgehead atoms. The van der Waals surface area contributed by atoms with Gasteiger partial charge in [0.1, 0.15) is 17.6 Å². The number of fused-ring (bicyclic) bond motifs is 1. The number of aromatic nitrogens is 2. The zero-order valence-electron chi connectivity index (χ0n) is 21.1. The minimum atomic E-state index is -0.114. The predicted molar refractivity (Wildman–Crippen MR) is 140 cm³/mol. The van der Waals surface area contributed by atoms with Gasteiger partial charge in [0, 0.05) is 48.8 Å². The number of hydrogen-bond acceptors (Lipinski definition) is 4. The summed E-state index contributed by atoms with van der Waals surface area (Å²) in [7, 11) is 0. The summed E-state index contributed by atoms with van der Waals surface area (Å²) in [4.78, 5) is 33.2. The molecule has 1 aliphatic heterocycles. The molecule has 5 rings (SSSR count). The number of nitrogens with one attached hydrogen (secondary N) is 2. The summed E-state index contributed by atoms with van der Waals surface area (Å²) in [5.74, 6) is 0.527. The molecule has 1 aromatic carbocycles. The van der Waals surface area contributed by atoms with Crippen LogP contribution in [0.3, 0.4) is 0 Å². The Bertz CT molecular complexity index is 1280. The molecule has 1 aliphatic carbocycles. The zero-order chi connectivity index (χ0) is 25.2. The molecule has 8 heteroatoms. The number of aromatic amines is 1. The van der Waals surface area contributed by atoms with Crippen LogP contribution in [0.5, 0.6) is 0 Å². The van der Waals surface area contributed by atoms with E-state index in [1.807, 2.05) is 49.1 Å². The first kappa shape index (κ1) is 24.1. The molecule has 2 N–H and O–H groups in total. The molecule has 3 aromatic rings. The summed E-state index contributed by atoms with van der Waals surface area (Å²) < 4.78 is 2.20. The van der Waals surface area contributed by atoms with E-state index in [1.165, 1.54) is 19.3 Å². The van der Waals surface area contributed by atoms with E-state index in [2.05, 4.69) is 25.8 Å². The lowest BCUT2D eigenvalue weighted by Gasteiger charge is -2.34. The van der Waals surface area contributed by atoms with Gasteiger partial charge in [0.05, 0.1) is 12.1 Å². The number of H-pyrrole nitrogens is 1. The van der Waals surface area contributed by atoms with Gasteiger partial charge in [-0.3, -0.25) is 14.5 Å². The first-order chi connectivity index (χ1) is 17.5. The lowest BCUT2D eigenvalue weighted by molar-refractivity contribution is -0.117. The normalized spacial score (nSPS) is 17.3. The largest absolute Gasteiger partial charge is 0.351 e. The van der Waals surface area contributed by atoms with Gasteiger partial charge in [-0.2, -0.15) is 5.26 Å². The van der Waals surface area contributed by atoms with Gasteiger partial charge in [-0.05, 0) is 44.4 Å². The standard InChI is InChI=1S/C28H34N6O2/c1-19-20(2)34(22-9-4-3-5-10-22)27(23(19)17-29)31-26(35)18-32-12-14-33(15-13-32)28(36)25-16-21-8-6-7-11-24(21)30-25/h6-8,11,16,22,30H,3-5,9-10,12-15,18H2,1-2H3,(H,31,35). The lowest BCUT2D eigenvalue weighted by Crippen LogP contribution is -2.50. The number of nitriles is 1. The van der Waals surface area contributed by atoms with Crippen molar-refractivity contribution in [3.05, 3.63) is 52.8 Å². The minimum Gasteiger partial charge on any atom is -0.351 e. The number of piperazine rings is 1. The van der Waals surface area contributed by atoms with Gasteiger partial charge >= 0.3 is 0 Å². The molecule has 2 fully saturated rings. The summed E-state index contributed by atoms with van der Waals surface area (Å²) in [6.07, 6.45) is 5.76. The molecule has 2 aliphatic rings. The number of rotatable bonds is 5. The van der Waals surface area contributed by atoms with Crippen molar-refractivity contribution in [2.75, 3.05) is 38.0 Å². The van der Waals surface area contributed by atoms with E-state index in [9.17, 15) is 14.9 Å². The number of hydrogen-bond donors (Lipinski definition) is 2. The van der Waals surface area contributed by atoms with E-state index < -0.39 is 0 Å². The molecule has 0 radical (unpaired) electrons. The van der Waals surface area contributed by atoms with Crippen LogP contribution in [-0.2, 0) is 4.79 Å². The highest BCUT2D eigenvalue weighted by Gasteiger charge is 2.28. The topological polar surface area (TPSA) is 97.2 Å². The van der Waals surface area contributed by atoms with Crippen LogP contribution < -0.4 is 5.32 Å². The second-order valence-electron chi connectivity index (χ2n) is 10.1. The van der Waals surface area contributed by atoms with Crippen molar-refractivity contribution in [1.82, 2.24) is 19.4 Å². The van der Waals surface area contributed by atoms with Gasteiger partial charge in [0.15, 0.2) is 0 Å². The number of anilines is 1. The third-order valence-corrected chi connectivity index (χ3v) is 7.85. The smallest absolute Gasteiger partial charge is 0.270 e. The van der Waals surface area contributed by atoms with Gasteiger partial charge in [0.25, 0.3) is 5.91 Å². The van der Waals surface area contributed by atoms with Crippen molar-refractivity contribution in [2.24, 2.45) is 0 Å². The molecule has 2 amide bonds. The molecule has 0 atom stereocenters. The Morgan fingerprint density at radius 2 is 1.81 bits per heavy atom. The summed E-state index contributed by atoms with van der Waals surface area (Å²) in [5, 5.41) is 13.9. The Morgan fingerprint density at radius 1 is 1.08 bits per heavy atom. The minimum absolute atomic E-state index is 0.00905. The SMILES string of the molecule is Cc1c(C#N)c(NC(=O)CN2CCN(C(=O)c3cc4ccccc4[nH]3)CC2)n(C2CCCCC2)c1C.